The van der Waals surface area contributed by atoms with Crippen LogP contribution < -0.4 is 10.0 Å². The average molecular weight is 274 g/mol. The Morgan fingerprint density at radius 1 is 1.39 bits per heavy atom. The van der Waals surface area contributed by atoms with Crippen molar-refractivity contribution in [2.45, 2.75) is 32.9 Å². The fraction of sp³-hybridized carbons (Fsp3) is 0.727. The maximum atomic E-state index is 10.8. The molecule has 1 rings (SSSR count). The topological polar surface area (TPSA) is 76.0 Å². The molecule has 0 unspecified atom stereocenters. The fourth-order valence-corrected chi connectivity index (χ4v) is 2.14. The summed E-state index contributed by atoms with van der Waals surface area (Å²) in [6.45, 7) is 5.06. The second-order valence-corrected chi connectivity index (χ2v) is 6.07. The van der Waals surface area contributed by atoms with Crippen LogP contribution in [0.5, 0.6) is 0 Å². The first-order chi connectivity index (χ1) is 8.53. The quantitative estimate of drug-likeness (QED) is 0.636. The summed E-state index contributed by atoms with van der Waals surface area (Å²) in [6, 6.07) is 0. The second-order valence-electron chi connectivity index (χ2n) is 4.23. The third kappa shape index (κ3) is 6.13. The maximum absolute atomic E-state index is 10.8. The van der Waals surface area contributed by atoms with Crippen LogP contribution >= 0.6 is 0 Å². The summed E-state index contributed by atoms with van der Waals surface area (Å²) in [6.07, 6.45) is 6.80. The summed E-state index contributed by atoms with van der Waals surface area (Å²) < 4.78 is 26.2. The minimum atomic E-state index is -3.06. The van der Waals surface area contributed by atoms with E-state index in [4.69, 9.17) is 0 Å². The van der Waals surface area contributed by atoms with E-state index in [1.54, 1.807) is 6.20 Å². The van der Waals surface area contributed by atoms with Crippen molar-refractivity contribution in [2.24, 2.45) is 0 Å². The summed E-state index contributed by atoms with van der Waals surface area (Å²) >= 11 is 0. The van der Waals surface area contributed by atoms with Crippen molar-refractivity contribution in [3.8, 4) is 0 Å². The number of hydrogen-bond acceptors (Lipinski definition) is 4. The molecule has 7 heteroatoms. The van der Waals surface area contributed by atoms with Gasteiger partial charge in [0.1, 0.15) is 5.82 Å². The number of nitrogens with one attached hydrogen (secondary N) is 2. The van der Waals surface area contributed by atoms with Gasteiger partial charge in [-0.1, -0.05) is 6.92 Å². The third-order valence-corrected chi connectivity index (χ3v) is 3.17. The van der Waals surface area contributed by atoms with Crippen LogP contribution in [0.15, 0.2) is 12.4 Å². The molecule has 0 aliphatic heterocycles. The highest BCUT2D eigenvalue weighted by Crippen LogP contribution is 1.98. The predicted octanol–water partition coefficient (Wildman–Crippen LogP) is 0.322. The highest BCUT2D eigenvalue weighted by molar-refractivity contribution is 7.88. The van der Waals surface area contributed by atoms with Crippen LogP contribution in [0.4, 0.5) is 0 Å². The molecule has 1 heterocycles. The number of aromatic nitrogens is 2. The van der Waals surface area contributed by atoms with Gasteiger partial charge in [0.05, 0.1) is 12.8 Å². The molecule has 0 aliphatic rings. The van der Waals surface area contributed by atoms with E-state index in [0.717, 1.165) is 31.8 Å². The van der Waals surface area contributed by atoms with Crippen molar-refractivity contribution in [2.75, 3.05) is 19.3 Å². The van der Waals surface area contributed by atoms with Crippen molar-refractivity contribution in [1.82, 2.24) is 19.6 Å². The number of hydrogen-bond donors (Lipinski definition) is 2. The number of sulfonamides is 1. The van der Waals surface area contributed by atoms with E-state index in [1.807, 2.05) is 6.20 Å². The second kappa shape index (κ2) is 7.50. The first kappa shape index (κ1) is 15.1. The molecular weight excluding hydrogens is 252 g/mol. The van der Waals surface area contributed by atoms with Crippen LogP contribution in [0, 0.1) is 0 Å². The smallest absolute Gasteiger partial charge is 0.208 e. The molecule has 1 aromatic heterocycles. The van der Waals surface area contributed by atoms with Gasteiger partial charge in [-0.3, -0.25) is 0 Å². The van der Waals surface area contributed by atoms with Crippen molar-refractivity contribution in [3.05, 3.63) is 18.2 Å². The maximum Gasteiger partial charge on any atom is 0.208 e. The molecule has 0 fully saturated rings. The molecule has 104 valence electrons. The number of rotatable bonds is 9. The lowest BCUT2D eigenvalue weighted by Crippen LogP contribution is -2.26. The molecule has 0 aromatic carbocycles. The van der Waals surface area contributed by atoms with Crippen LogP contribution in [-0.2, 0) is 23.1 Å². The van der Waals surface area contributed by atoms with Gasteiger partial charge in [0.15, 0.2) is 0 Å². The molecule has 1 aromatic rings. The zero-order valence-electron chi connectivity index (χ0n) is 11.0. The summed E-state index contributed by atoms with van der Waals surface area (Å²) in [7, 11) is -3.06. The lowest BCUT2D eigenvalue weighted by atomic mass is 10.4. The Hall–Kier alpha value is -0.920. The van der Waals surface area contributed by atoms with Gasteiger partial charge in [-0.15, -0.1) is 0 Å². The van der Waals surface area contributed by atoms with Gasteiger partial charge in [-0.25, -0.2) is 18.1 Å². The molecule has 18 heavy (non-hydrogen) atoms. The largest absolute Gasteiger partial charge is 0.334 e. The van der Waals surface area contributed by atoms with Gasteiger partial charge in [-0.05, 0) is 19.4 Å². The van der Waals surface area contributed by atoms with Gasteiger partial charge in [0.2, 0.25) is 10.0 Å². The third-order valence-electron chi connectivity index (χ3n) is 2.44. The number of nitrogens with zero attached hydrogens (tertiary/aromatic N) is 2. The van der Waals surface area contributed by atoms with Crippen molar-refractivity contribution < 1.29 is 8.42 Å². The zero-order chi connectivity index (χ0) is 13.4. The van der Waals surface area contributed by atoms with E-state index in [1.165, 1.54) is 6.26 Å². The van der Waals surface area contributed by atoms with Gasteiger partial charge in [-0.2, -0.15) is 0 Å². The zero-order valence-corrected chi connectivity index (χ0v) is 11.8. The minimum Gasteiger partial charge on any atom is -0.334 e. The molecule has 0 saturated heterocycles. The van der Waals surface area contributed by atoms with Crippen molar-refractivity contribution >= 4 is 10.0 Å². The van der Waals surface area contributed by atoms with Crippen LogP contribution in [0.2, 0.25) is 0 Å². The van der Waals surface area contributed by atoms with Gasteiger partial charge < -0.3 is 9.88 Å². The molecule has 0 radical (unpaired) electrons. The number of imidazole rings is 1. The van der Waals surface area contributed by atoms with Crippen LogP contribution in [0.3, 0.4) is 0 Å². The summed E-state index contributed by atoms with van der Waals surface area (Å²) in [4.78, 5) is 4.28. The predicted molar refractivity (Wildman–Crippen MR) is 71.7 cm³/mol. The summed E-state index contributed by atoms with van der Waals surface area (Å²) in [5.41, 5.74) is 0. The fourth-order valence-electron chi connectivity index (χ4n) is 1.62. The standard InChI is InChI=1S/C11H22N4O2S/c1-3-8-15-9-7-13-11(15)10-12-5-4-6-14-18(2,16)17/h7,9,12,14H,3-6,8,10H2,1-2H3. The van der Waals surface area contributed by atoms with Crippen LogP contribution in [-0.4, -0.2) is 37.3 Å². The molecule has 0 spiro atoms. The first-order valence-corrected chi connectivity index (χ1v) is 8.07. The monoisotopic (exact) mass is 274 g/mol. The lowest BCUT2D eigenvalue weighted by molar-refractivity contribution is 0.565. The van der Waals surface area contributed by atoms with Gasteiger partial charge in [0, 0.05) is 25.5 Å². The Labute approximate surface area is 109 Å². The van der Waals surface area contributed by atoms with Crippen LogP contribution in [0.1, 0.15) is 25.6 Å². The Bertz CT molecular complexity index is 442. The minimum absolute atomic E-state index is 0.467. The normalized spacial score (nSPS) is 11.9. The van der Waals surface area contributed by atoms with E-state index < -0.39 is 10.0 Å². The van der Waals surface area contributed by atoms with Crippen molar-refractivity contribution in [3.63, 3.8) is 0 Å². The number of aryl methyl sites for hydroxylation is 1. The molecule has 0 aliphatic carbocycles. The molecule has 2 N–H and O–H groups in total. The summed E-state index contributed by atoms with van der Waals surface area (Å²) in [5.74, 6) is 1.02. The summed E-state index contributed by atoms with van der Waals surface area (Å²) in [5, 5.41) is 3.25. The first-order valence-electron chi connectivity index (χ1n) is 6.18. The van der Waals surface area contributed by atoms with E-state index >= 15 is 0 Å². The van der Waals surface area contributed by atoms with Gasteiger partial charge in [0.25, 0.3) is 0 Å². The van der Waals surface area contributed by atoms with E-state index in [2.05, 4.69) is 26.5 Å². The van der Waals surface area contributed by atoms with E-state index in [0.29, 0.717) is 13.1 Å². The lowest BCUT2D eigenvalue weighted by Gasteiger charge is -2.07. The van der Waals surface area contributed by atoms with E-state index in [9.17, 15) is 8.42 Å². The Kier molecular flexibility index (Phi) is 6.31. The van der Waals surface area contributed by atoms with Crippen molar-refractivity contribution in [1.29, 1.82) is 0 Å². The molecule has 6 nitrogen and oxygen atoms in total. The van der Waals surface area contributed by atoms with E-state index in [-0.39, 0.29) is 0 Å². The highest BCUT2D eigenvalue weighted by atomic mass is 32.2. The Morgan fingerprint density at radius 3 is 2.83 bits per heavy atom. The Morgan fingerprint density at radius 2 is 2.17 bits per heavy atom. The SMILES string of the molecule is CCCn1ccnc1CNCCCNS(C)(=O)=O. The Balaban J connectivity index is 2.16. The van der Waals surface area contributed by atoms with Gasteiger partial charge >= 0.3 is 0 Å². The average Bonchev–Trinajstić information content (AvgIpc) is 2.70. The molecule has 0 atom stereocenters. The molecule has 0 bridgehead atoms. The molecular formula is C11H22N4O2S. The highest BCUT2D eigenvalue weighted by Gasteiger charge is 2.01. The molecule has 0 amide bonds. The van der Waals surface area contributed by atoms with Crippen LogP contribution in [0.25, 0.3) is 0 Å². The molecule has 0 saturated carbocycles.